The van der Waals surface area contributed by atoms with Crippen molar-refractivity contribution < 1.29 is 14.3 Å². The molecule has 0 aliphatic heterocycles. The molecule has 1 aliphatic carbocycles. The highest BCUT2D eigenvalue weighted by atomic mass is 16.5. The predicted molar refractivity (Wildman–Crippen MR) is 115 cm³/mol. The standard InChI is InChI=1S/C25H31NO3/c1-5-18(3)19(4)26(23(27)20-12-8-7-9-13-20)25(24(28)29-6-2)16-21-14-10-11-15-22(21)17-25/h7-15,18-19H,5-6,16-17H2,1-4H3. The second-order valence-corrected chi connectivity index (χ2v) is 8.04. The maximum atomic E-state index is 13.8. The maximum Gasteiger partial charge on any atom is 0.332 e. The minimum absolute atomic E-state index is 0.105. The molecule has 29 heavy (non-hydrogen) atoms. The molecule has 2 aromatic rings. The Balaban J connectivity index is 2.13. The second kappa shape index (κ2) is 8.81. The van der Waals surface area contributed by atoms with E-state index in [4.69, 9.17) is 4.74 Å². The average molecular weight is 394 g/mol. The minimum atomic E-state index is -1.02. The van der Waals surface area contributed by atoms with Gasteiger partial charge in [-0.3, -0.25) is 4.79 Å². The molecule has 154 valence electrons. The number of rotatable bonds is 7. The van der Waals surface area contributed by atoms with E-state index in [0.717, 1.165) is 17.5 Å². The van der Waals surface area contributed by atoms with Gasteiger partial charge >= 0.3 is 5.97 Å². The van der Waals surface area contributed by atoms with Crippen LogP contribution in [0.3, 0.4) is 0 Å². The van der Waals surface area contributed by atoms with Gasteiger partial charge in [0, 0.05) is 24.4 Å². The Morgan fingerprint density at radius 1 is 0.966 bits per heavy atom. The van der Waals surface area contributed by atoms with Crippen LogP contribution < -0.4 is 0 Å². The Hall–Kier alpha value is -2.62. The molecular formula is C25H31NO3. The van der Waals surface area contributed by atoms with E-state index in [1.165, 1.54) is 0 Å². The van der Waals surface area contributed by atoms with Crippen molar-refractivity contribution in [1.82, 2.24) is 4.90 Å². The van der Waals surface area contributed by atoms with Gasteiger partial charge in [-0.05, 0) is 43.0 Å². The number of hydrogen-bond acceptors (Lipinski definition) is 3. The third-order valence-electron chi connectivity index (χ3n) is 6.31. The van der Waals surface area contributed by atoms with Crippen LogP contribution >= 0.6 is 0 Å². The largest absolute Gasteiger partial charge is 0.464 e. The highest BCUT2D eigenvalue weighted by Crippen LogP contribution is 2.39. The number of ether oxygens (including phenoxy) is 1. The lowest BCUT2D eigenvalue weighted by atomic mass is 9.87. The van der Waals surface area contributed by atoms with Gasteiger partial charge in [0.15, 0.2) is 0 Å². The van der Waals surface area contributed by atoms with Gasteiger partial charge in [-0.1, -0.05) is 62.7 Å². The fraction of sp³-hybridized carbons (Fsp3) is 0.440. The van der Waals surface area contributed by atoms with Crippen molar-refractivity contribution >= 4 is 11.9 Å². The summed E-state index contributed by atoms with van der Waals surface area (Å²) in [5.74, 6) is -0.174. The SMILES string of the molecule is CCOC(=O)C1(N(C(=O)c2ccccc2)C(C)C(C)CC)Cc2ccccc2C1. The van der Waals surface area contributed by atoms with Crippen LogP contribution in [0.25, 0.3) is 0 Å². The summed E-state index contributed by atoms with van der Waals surface area (Å²) in [5, 5.41) is 0. The number of fused-ring (bicyclic) bond motifs is 1. The van der Waals surface area contributed by atoms with E-state index in [0.29, 0.717) is 25.0 Å². The molecule has 1 aliphatic rings. The molecule has 0 N–H and O–H groups in total. The fourth-order valence-corrected chi connectivity index (χ4v) is 4.36. The van der Waals surface area contributed by atoms with E-state index in [1.807, 2.05) is 54.3 Å². The van der Waals surface area contributed by atoms with Crippen molar-refractivity contribution in [3.63, 3.8) is 0 Å². The summed E-state index contributed by atoms with van der Waals surface area (Å²) in [5.41, 5.74) is 1.81. The smallest absolute Gasteiger partial charge is 0.332 e. The number of benzene rings is 2. The van der Waals surface area contributed by atoms with Crippen molar-refractivity contribution in [2.45, 2.75) is 58.5 Å². The minimum Gasteiger partial charge on any atom is -0.464 e. The highest BCUT2D eigenvalue weighted by molar-refractivity contribution is 5.99. The van der Waals surface area contributed by atoms with Gasteiger partial charge in [0.05, 0.1) is 6.61 Å². The number of hydrogen-bond donors (Lipinski definition) is 0. The molecule has 2 unspecified atom stereocenters. The number of nitrogens with zero attached hydrogens (tertiary/aromatic N) is 1. The predicted octanol–water partition coefficient (Wildman–Crippen LogP) is 4.66. The molecule has 1 amide bonds. The van der Waals surface area contributed by atoms with Gasteiger partial charge in [0.2, 0.25) is 0 Å². The highest BCUT2D eigenvalue weighted by Gasteiger charge is 2.53. The van der Waals surface area contributed by atoms with Gasteiger partial charge in [-0.2, -0.15) is 0 Å². The Kier molecular flexibility index (Phi) is 6.41. The van der Waals surface area contributed by atoms with Crippen molar-refractivity contribution in [2.24, 2.45) is 5.92 Å². The van der Waals surface area contributed by atoms with E-state index < -0.39 is 5.54 Å². The summed E-state index contributed by atoms with van der Waals surface area (Å²) in [4.78, 5) is 29.0. The van der Waals surface area contributed by atoms with Crippen LogP contribution in [0.1, 0.15) is 55.6 Å². The topological polar surface area (TPSA) is 46.6 Å². The van der Waals surface area contributed by atoms with E-state index in [-0.39, 0.29) is 23.8 Å². The molecule has 0 aromatic heterocycles. The van der Waals surface area contributed by atoms with Crippen LogP contribution in [0, 0.1) is 5.92 Å². The zero-order valence-electron chi connectivity index (χ0n) is 17.9. The van der Waals surface area contributed by atoms with Gasteiger partial charge in [0.1, 0.15) is 5.54 Å². The van der Waals surface area contributed by atoms with E-state index in [2.05, 4.69) is 32.9 Å². The lowest BCUT2D eigenvalue weighted by Gasteiger charge is -2.45. The first kappa shape index (κ1) is 21.1. The van der Waals surface area contributed by atoms with Crippen LogP contribution in [0.2, 0.25) is 0 Å². The zero-order valence-corrected chi connectivity index (χ0v) is 17.9. The van der Waals surface area contributed by atoms with Crippen LogP contribution in [0.15, 0.2) is 54.6 Å². The van der Waals surface area contributed by atoms with Gasteiger partial charge in [-0.15, -0.1) is 0 Å². The van der Waals surface area contributed by atoms with E-state index >= 15 is 0 Å². The summed E-state index contributed by atoms with van der Waals surface area (Å²) >= 11 is 0. The zero-order chi connectivity index (χ0) is 21.0. The molecule has 4 nitrogen and oxygen atoms in total. The molecule has 3 rings (SSSR count). The molecule has 0 heterocycles. The Morgan fingerprint density at radius 2 is 1.52 bits per heavy atom. The third-order valence-corrected chi connectivity index (χ3v) is 6.31. The molecule has 4 heteroatoms. The number of amides is 1. The molecule has 0 saturated heterocycles. The molecule has 0 radical (unpaired) electrons. The fourth-order valence-electron chi connectivity index (χ4n) is 4.36. The van der Waals surface area contributed by atoms with Crippen LogP contribution in [-0.4, -0.2) is 35.0 Å². The summed E-state index contributed by atoms with van der Waals surface area (Å²) in [6, 6.07) is 17.2. The van der Waals surface area contributed by atoms with E-state index in [1.54, 1.807) is 0 Å². The normalized spacial score (nSPS) is 16.6. The quantitative estimate of drug-likeness (QED) is 0.643. The summed E-state index contributed by atoms with van der Waals surface area (Å²) < 4.78 is 5.56. The molecule has 2 aromatic carbocycles. The van der Waals surface area contributed by atoms with Gasteiger partial charge in [0.25, 0.3) is 5.91 Å². The van der Waals surface area contributed by atoms with Crippen LogP contribution in [0.5, 0.6) is 0 Å². The molecule has 0 bridgehead atoms. The Bertz CT molecular complexity index is 836. The molecular weight excluding hydrogens is 362 g/mol. The summed E-state index contributed by atoms with van der Waals surface area (Å²) in [6.45, 7) is 8.42. The first-order valence-electron chi connectivity index (χ1n) is 10.6. The van der Waals surface area contributed by atoms with Crippen molar-refractivity contribution in [1.29, 1.82) is 0 Å². The summed E-state index contributed by atoms with van der Waals surface area (Å²) in [7, 11) is 0. The number of carbonyl (C=O) groups excluding carboxylic acids is 2. The van der Waals surface area contributed by atoms with Gasteiger partial charge in [-0.25, -0.2) is 4.79 Å². The third kappa shape index (κ3) is 3.93. The van der Waals surface area contributed by atoms with Crippen LogP contribution in [-0.2, 0) is 22.4 Å². The monoisotopic (exact) mass is 393 g/mol. The summed E-state index contributed by atoms with van der Waals surface area (Å²) in [6.07, 6.45) is 1.90. The Morgan fingerprint density at radius 3 is 2.03 bits per heavy atom. The maximum absolute atomic E-state index is 13.8. The average Bonchev–Trinajstić information content (AvgIpc) is 3.14. The molecule has 0 fully saturated rings. The van der Waals surface area contributed by atoms with Crippen molar-refractivity contribution in [2.75, 3.05) is 6.61 Å². The lowest BCUT2D eigenvalue weighted by molar-refractivity contribution is -0.157. The van der Waals surface area contributed by atoms with Gasteiger partial charge < -0.3 is 9.64 Å². The molecule has 0 spiro atoms. The van der Waals surface area contributed by atoms with E-state index in [9.17, 15) is 9.59 Å². The molecule has 0 saturated carbocycles. The first-order chi connectivity index (χ1) is 13.9. The van der Waals surface area contributed by atoms with Crippen LogP contribution in [0.4, 0.5) is 0 Å². The Labute approximate surface area is 173 Å². The van der Waals surface area contributed by atoms with Crippen molar-refractivity contribution in [3.05, 3.63) is 71.3 Å². The molecule has 2 atom stereocenters. The van der Waals surface area contributed by atoms with Crippen molar-refractivity contribution in [3.8, 4) is 0 Å². The first-order valence-corrected chi connectivity index (χ1v) is 10.6. The number of carbonyl (C=O) groups is 2. The lowest BCUT2D eigenvalue weighted by Crippen LogP contribution is -2.62. The second-order valence-electron chi connectivity index (χ2n) is 8.04. The number of esters is 1.